The van der Waals surface area contributed by atoms with Gasteiger partial charge in [-0.15, -0.1) is 0 Å². The zero-order valence-electron chi connectivity index (χ0n) is 13.6. The van der Waals surface area contributed by atoms with E-state index in [0.29, 0.717) is 16.8 Å². The second kappa shape index (κ2) is 6.84. The third-order valence-corrected chi connectivity index (χ3v) is 4.45. The minimum absolute atomic E-state index is 0.151. The molecule has 0 heterocycles. The number of carbonyl (C=O) groups excluding carboxylic acids is 2. The van der Waals surface area contributed by atoms with Gasteiger partial charge < -0.3 is 10.2 Å². The van der Waals surface area contributed by atoms with E-state index in [9.17, 15) is 18.0 Å². The Bertz CT molecular complexity index is 872. The van der Waals surface area contributed by atoms with Gasteiger partial charge in [-0.25, -0.2) is 8.42 Å². The molecule has 0 aromatic heterocycles. The van der Waals surface area contributed by atoms with Crippen LogP contribution in [0.4, 0.5) is 5.69 Å². The summed E-state index contributed by atoms with van der Waals surface area (Å²) in [4.78, 5) is 25.8. The van der Waals surface area contributed by atoms with Gasteiger partial charge in [0.1, 0.15) is 0 Å². The number of carbonyl (C=O) groups is 2. The minimum atomic E-state index is -3.30. The molecule has 0 aliphatic carbocycles. The number of amides is 2. The predicted molar refractivity (Wildman–Crippen MR) is 92.0 cm³/mol. The second-order valence-electron chi connectivity index (χ2n) is 5.53. The van der Waals surface area contributed by atoms with Crippen LogP contribution in [-0.4, -0.2) is 45.5 Å². The molecule has 0 spiro atoms. The second-order valence-corrected chi connectivity index (χ2v) is 7.55. The monoisotopic (exact) mass is 346 g/mol. The molecule has 0 aliphatic rings. The molecule has 0 aliphatic heterocycles. The molecule has 2 amide bonds. The summed E-state index contributed by atoms with van der Waals surface area (Å²) in [6.45, 7) is 0. The fourth-order valence-electron chi connectivity index (χ4n) is 2.04. The number of sulfone groups is 1. The van der Waals surface area contributed by atoms with Crippen molar-refractivity contribution in [2.24, 2.45) is 0 Å². The van der Waals surface area contributed by atoms with E-state index in [2.05, 4.69) is 5.32 Å². The van der Waals surface area contributed by atoms with Gasteiger partial charge in [-0.1, -0.05) is 6.07 Å². The van der Waals surface area contributed by atoms with E-state index in [4.69, 9.17) is 0 Å². The average Bonchev–Trinajstić information content (AvgIpc) is 2.53. The summed E-state index contributed by atoms with van der Waals surface area (Å²) in [7, 11) is -0.00188. The zero-order chi connectivity index (χ0) is 17.9. The Morgan fingerprint density at radius 2 is 1.58 bits per heavy atom. The Balaban J connectivity index is 2.18. The van der Waals surface area contributed by atoms with Crippen molar-refractivity contribution < 1.29 is 18.0 Å². The van der Waals surface area contributed by atoms with Crippen molar-refractivity contribution >= 4 is 27.3 Å². The van der Waals surface area contributed by atoms with Crippen LogP contribution in [0.25, 0.3) is 0 Å². The molecule has 0 bridgehead atoms. The minimum Gasteiger partial charge on any atom is -0.345 e. The molecule has 0 atom stereocenters. The van der Waals surface area contributed by atoms with Crippen LogP contribution in [0.3, 0.4) is 0 Å². The predicted octanol–water partition coefficient (Wildman–Crippen LogP) is 2.04. The highest BCUT2D eigenvalue weighted by atomic mass is 32.2. The molecule has 2 rings (SSSR count). The lowest BCUT2D eigenvalue weighted by atomic mass is 10.1. The van der Waals surface area contributed by atoms with Crippen molar-refractivity contribution in [1.82, 2.24) is 4.90 Å². The van der Waals surface area contributed by atoms with Crippen LogP contribution in [0, 0.1) is 0 Å². The van der Waals surface area contributed by atoms with E-state index in [1.165, 1.54) is 29.2 Å². The maximum atomic E-state index is 12.2. The topological polar surface area (TPSA) is 83.6 Å². The standard InChI is InChI=1S/C17H18N2O4S/c1-19(2)17(21)13-5-4-6-14(11-13)18-16(20)12-7-9-15(10-8-12)24(3,22)23/h4-11H,1-3H3,(H,18,20). The van der Waals surface area contributed by atoms with Crippen molar-refractivity contribution in [2.75, 3.05) is 25.7 Å². The molecular formula is C17H18N2O4S. The summed E-state index contributed by atoms with van der Waals surface area (Å²) >= 11 is 0. The molecule has 0 unspecified atom stereocenters. The molecule has 7 heteroatoms. The highest BCUT2D eigenvalue weighted by Crippen LogP contribution is 2.15. The molecule has 0 radical (unpaired) electrons. The Labute approximate surface area is 141 Å². The van der Waals surface area contributed by atoms with Crippen LogP contribution in [0.1, 0.15) is 20.7 Å². The average molecular weight is 346 g/mol. The first-order valence-electron chi connectivity index (χ1n) is 7.11. The first-order chi connectivity index (χ1) is 11.2. The number of nitrogens with one attached hydrogen (secondary N) is 1. The van der Waals surface area contributed by atoms with Crippen molar-refractivity contribution in [2.45, 2.75) is 4.90 Å². The quantitative estimate of drug-likeness (QED) is 0.918. The third-order valence-electron chi connectivity index (χ3n) is 3.32. The van der Waals surface area contributed by atoms with Gasteiger partial charge >= 0.3 is 0 Å². The number of hydrogen-bond acceptors (Lipinski definition) is 4. The van der Waals surface area contributed by atoms with E-state index < -0.39 is 9.84 Å². The maximum Gasteiger partial charge on any atom is 0.255 e. The van der Waals surface area contributed by atoms with Crippen molar-refractivity contribution in [3.63, 3.8) is 0 Å². The number of anilines is 1. The Morgan fingerprint density at radius 3 is 2.12 bits per heavy atom. The van der Waals surface area contributed by atoms with Crippen LogP contribution < -0.4 is 5.32 Å². The van der Waals surface area contributed by atoms with Gasteiger partial charge in [-0.2, -0.15) is 0 Å². The van der Waals surface area contributed by atoms with Gasteiger partial charge in [-0.3, -0.25) is 9.59 Å². The molecule has 126 valence electrons. The molecule has 6 nitrogen and oxygen atoms in total. The van der Waals surface area contributed by atoms with Crippen molar-refractivity contribution in [1.29, 1.82) is 0 Å². The summed E-state index contributed by atoms with van der Waals surface area (Å²) in [6.07, 6.45) is 1.11. The lowest BCUT2D eigenvalue weighted by Crippen LogP contribution is -2.22. The third kappa shape index (κ3) is 4.20. The molecule has 2 aromatic carbocycles. The van der Waals surface area contributed by atoms with Crippen LogP contribution >= 0.6 is 0 Å². The van der Waals surface area contributed by atoms with E-state index in [0.717, 1.165) is 6.26 Å². The normalized spacial score (nSPS) is 11.0. The smallest absolute Gasteiger partial charge is 0.255 e. The van der Waals surface area contributed by atoms with E-state index >= 15 is 0 Å². The fourth-order valence-corrected chi connectivity index (χ4v) is 2.68. The number of benzene rings is 2. The molecule has 0 saturated carbocycles. The molecule has 1 N–H and O–H groups in total. The van der Waals surface area contributed by atoms with Gasteiger partial charge in [-0.05, 0) is 42.5 Å². The molecule has 0 fully saturated rings. The molecule has 2 aromatic rings. The van der Waals surface area contributed by atoms with Gasteiger partial charge in [0.15, 0.2) is 9.84 Å². The number of nitrogens with zero attached hydrogens (tertiary/aromatic N) is 1. The van der Waals surface area contributed by atoms with E-state index in [1.54, 1.807) is 38.4 Å². The zero-order valence-corrected chi connectivity index (χ0v) is 14.4. The lowest BCUT2D eigenvalue weighted by Gasteiger charge is -2.12. The summed E-state index contributed by atoms with van der Waals surface area (Å²) in [5.41, 5.74) is 1.27. The largest absolute Gasteiger partial charge is 0.345 e. The number of hydrogen-bond donors (Lipinski definition) is 1. The highest BCUT2D eigenvalue weighted by molar-refractivity contribution is 7.90. The van der Waals surface area contributed by atoms with Crippen molar-refractivity contribution in [3.8, 4) is 0 Å². The Morgan fingerprint density at radius 1 is 0.958 bits per heavy atom. The molecule has 0 saturated heterocycles. The Kier molecular flexibility index (Phi) is 5.04. The summed E-state index contributed by atoms with van der Waals surface area (Å²) in [6, 6.07) is 12.3. The van der Waals surface area contributed by atoms with E-state index in [-0.39, 0.29) is 16.7 Å². The van der Waals surface area contributed by atoms with Crippen LogP contribution in [0.15, 0.2) is 53.4 Å². The molecule has 24 heavy (non-hydrogen) atoms. The van der Waals surface area contributed by atoms with Gasteiger partial charge in [0.25, 0.3) is 11.8 Å². The summed E-state index contributed by atoms with van der Waals surface area (Å²) in [5.74, 6) is -0.548. The SMILES string of the molecule is CN(C)C(=O)c1cccc(NC(=O)c2ccc(S(C)(=O)=O)cc2)c1. The lowest BCUT2D eigenvalue weighted by molar-refractivity contribution is 0.0827. The van der Waals surface area contributed by atoms with Crippen molar-refractivity contribution in [3.05, 3.63) is 59.7 Å². The van der Waals surface area contributed by atoms with Crippen LogP contribution in [0.2, 0.25) is 0 Å². The molecular weight excluding hydrogens is 328 g/mol. The summed E-state index contributed by atoms with van der Waals surface area (Å²) < 4.78 is 22.8. The van der Waals surface area contributed by atoms with E-state index in [1.807, 2.05) is 0 Å². The van der Waals surface area contributed by atoms with Crippen LogP contribution in [-0.2, 0) is 9.84 Å². The Hall–Kier alpha value is -2.67. The fraction of sp³-hybridized carbons (Fsp3) is 0.176. The van der Waals surface area contributed by atoms with Gasteiger partial charge in [0, 0.05) is 37.2 Å². The summed E-state index contributed by atoms with van der Waals surface area (Å²) in [5, 5.41) is 2.69. The van der Waals surface area contributed by atoms with Crippen LogP contribution in [0.5, 0.6) is 0 Å². The number of rotatable bonds is 4. The van der Waals surface area contributed by atoms with Gasteiger partial charge in [0.05, 0.1) is 4.90 Å². The highest BCUT2D eigenvalue weighted by Gasteiger charge is 2.12. The first-order valence-corrected chi connectivity index (χ1v) is 9.01. The van der Waals surface area contributed by atoms with Gasteiger partial charge in [0.2, 0.25) is 0 Å². The maximum absolute atomic E-state index is 12.2. The first kappa shape index (κ1) is 17.7.